The first kappa shape index (κ1) is 9.48. The van der Waals surface area contributed by atoms with Gasteiger partial charge in [0.15, 0.2) is 0 Å². The van der Waals surface area contributed by atoms with Crippen molar-refractivity contribution in [3.05, 3.63) is 54.7 Å². The maximum Gasteiger partial charge on any atom is 0.104 e. The van der Waals surface area contributed by atoms with Gasteiger partial charge in [-0.3, -0.25) is 0 Å². The predicted molar refractivity (Wildman–Crippen MR) is 72.3 cm³/mol. The van der Waals surface area contributed by atoms with Crippen LogP contribution in [0.25, 0.3) is 32.4 Å². The zero-order valence-electron chi connectivity index (χ0n) is 9.54. The highest BCUT2D eigenvalue weighted by atomic mass is 15.3. The summed E-state index contributed by atoms with van der Waals surface area (Å²) in [4.78, 5) is 0. The fraction of sp³-hybridized carbons (Fsp3) is 0. The summed E-state index contributed by atoms with van der Waals surface area (Å²) in [7, 11) is 0. The van der Waals surface area contributed by atoms with E-state index >= 15 is 0 Å². The van der Waals surface area contributed by atoms with E-state index in [1.165, 1.54) is 16.2 Å². The minimum Gasteiger partial charge on any atom is -0.138 e. The van der Waals surface area contributed by atoms with Crippen LogP contribution >= 0.6 is 0 Å². The van der Waals surface area contributed by atoms with Gasteiger partial charge >= 0.3 is 0 Å². The van der Waals surface area contributed by atoms with Gasteiger partial charge in [-0.05, 0) is 33.5 Å². The molecule has 0 atom stereocenters. The number of aromatic nitrogens is 3. The maximum atomic E-state index is 4.16. The molecule has 0 aliphatic heterocycles. The zero-order chi connectivity index (χ0) is 11.9. The van der Waals surface area contributed by atoms with Gasteiger partial charge < -0.3 is 0 Å². The van der Waals surface area contributed by atoms with Crippen LogP contribution in [0, 0.1) is 0 Å². The molecular weight excluding hydrogens is 222 g/mol. The summed E-state index contributed by atoms with van der Waals surface area (Å²) in [5.41, 5.74) is 0.910. The van der Waals surface area contributed by atoms with Gasteiger partial charge in [0.1, 0.15) is 5.52 Å². The molecule has 1 heterocycles. The molecule has 0 radical (unpaired) electrons. The van der Waals surface area contributed by atoms with Gasteiger partial charge in [-0.25, -0.2) is 0 Å². The molecule has 0 saturated carbocycles. The average molecular weight is 231 g/mol. The lowest BCUT2D eigenvalue weighted by Crippen LogP contribution is -1.88. The van der Waals surface area contributed by atoms with E-state index in [1.54, 1.807) is 6.20 Å². The fourth-order valence-corrected chi connectivity index (χ4v) is 2.39. The van der Waals surface area contributed by atoms with E-state index in [9.17, 15) is 0 Å². The van der Waals surface area contributed by atoms with E-state index in [2.05, 4.69) is 51.8 Å². The first-order chi connectivity index (χ1) is 8.92. The molecule has 0 amide bonds. The van der Waals surface area contributed by atoms with E-state index in [0.29, 0.717) is 0 Å². The molecule has 3 nitrogen and oxygen atoms in total. The lowest BCUT2D eigenvalue weighted by molar-refractivity contribution is 0.897. The highest BCUT2D eigenvalue weighted by molar-refractivity contribution is 6.09. The Bertz CT molecular complexity index is 878. The molecule has 1 aromatic heterocycles. The Morgan fingerprint density at radius 3 is 2.39 bits per heavy atom. The molecule has 0 unspecified atom stereocenters. The predicted octanol–water partition coefficient (Wildman–Crippen LogP) is 3.33. The number of rotatable bonds is 0. The first-order valence-corrected chi connectivity index (χ1v) is 5.81. The summed E-state index contributed by atoms with van der Waals surface area (Å²) in [6.07, 6.45) is 1.75. The smallest absolute Gasteiger partial charge is 0.104 e. The van der Waals surface area contributed by atoms with Crippen molar-refractivity contribution in [2.45, 2.75) is 0 Å². The molecular formula is C15H9N3. The Kier molecular flexibility index (Phi) is 1.83. The van der Waals surface area contributed by atoms with Crippen molar-refractivity contribution in [2.24, 2.45) is 0 Å². The van der Waals surface area contributed by atoms with Crippen molar-refractivity contribution in [3.8, 4) is 0 Å². The largest absolute Gasteiger partial charge is 0.138 e. The fourth-order valence-electron chi connectivity index (χ4n) is 2.39. The van der Waals surface area contributed by atoms with Crippen LogP contribution in [-0.2, 0) is 0 Å². The van der Waals surface area contributed by atoms with Gasteiger partial charge in [0.05, 0.1) is 6.20 Å². The van der Waals surface area contributed by atoms with E-state index in [4.69, 9.17) is 0 Å². The van der Waals surface area contributed by atoms with Crippen molar-refractivity contribution in [3.63, 3.8) is 0 Å². The van der Waals surface area contributed by atoms with Crippen LogP contribution in [0.1, 0.15) is 0 Å². The Labute approximate surface area is 103 Å². The molecule has 0 aliphatic carbocycles. The minimum atomic E-state index is 0.910. The van der Waals surface area contributed by atoms with E-state index in [0.717, 1.165) is 16.3 Å². The summed E-state index contributed by atoms with van der Waals surface area (Å²) in [6, 6.07) is 16.8. The molecule has 0 aliphatic rings. The Morgan fingerprint density at radius 1 is 0.722 bits per heavy atom. The van der Waals surface area contributed by atoms with Crippen LogP contribution in [0.2, 0.25) is 0 Å². The van der Waals surface area contributed by atoms with Crippen molar-refractivity contribution < 1.29 is 0 Å². The maximum absolute atomic E-state index is 4.16. The summed E-state index contributed by atoms with van der Waals surface area (Å²) in [6.45, 7) is 0. The average Bonchev–Trinajstić information content (AvgIpc) is 2.45. The van der Waals surface area contributed by atoms with Gasteiger partial charge in [0.25, 0.3) is 0 Å². The monoisotopic (exact) mass is 231 g/mol. The third kappa shape index (κ3) is 1.27. The van der Waals surface area contributed by atoms with Crippen molar-refractivity contribution in [1.29, 1.82) is 0 Å². The topological polar surface area (TPSA) is 38.7 Å². The van der Waals surface area contributed by atoms with Crippen molar-refractivity contribution >= 4 is 32.4 Å². The quantitative estimate of drug-likeness (QED) is 0.344. The second-order valence-electron chi connectivity index (χ2n) is 4.36. The van der Waals surface area contributed by atoms with Gasteiger partial charge in [-0.15, -0.1) is 10.2 Å². The molecule has 3 aromatic carbocycles. The number of fused-ring (bicyclic) bond motifs is 4. The highest BCUT2D eigenvalue weighted by Gasteiger charge is 2.03. The van der Waals surface area contributed by atoms with E-state index in [-0.39, 0.29) is 0 Å². The molecule has 0 spiro atoms. The summed E-state index contributed by atoms with van der Waals surface area (Å²) in [5, 5.41) is 17.5. The SMILES string of the molecule is c1ccc2cc3c(ccc4cnnnc43)cc2c1. The van der Waals surface area contributed by atoms with Gasteiger partial charge in [-0.1, -0.05) is 36.4 Å². The number of benzene rings is 3. The van der Waals surface area contributed by atoms with Crippen LogP contribution in [0.3, 0.4) is 0 Å². The number of hydrogen-bond acceptors (Lipinski definition) is 3. The lowest BCUT2D eigenvalue weighted by atomic mass is 10.0. The number of hydrogen-bond donors (Lipinski definition) is 0. The molecule has 18 heavy (non-hydrogen) atoms. The van der Waals surface area contributed by atoms with Gasteiger partial charge in [-0.2, -0.15) is 0 Å². The summed E-state index contributed by atoms with van der Waals surface area (Å²) >= 11 is 0. The normalized spacial score (nSPS) is 11.3. The summed E-state index contributed by atoms with van der Waals surface area (Å²) < 4.78 is 0. The van der Waals surface area contributed by atoms with Crippen LogP contribution in [0.4, 0.5) is 0 Å². The van der Waals surface area contributed by atoms with Crippen molar-refractivity contribution in [1.82, 2.24) is 15.4 Å². The molecule has 0 bridgehead atoms. The Hall–Kier alpha value is -2.55. The van der Waals surface area contributed by atoms with Crippen LogP contribution in [-0.4, -0.2) is 15.4 Å². The third-order valence-electron chi connectivity index (χ3n) is 3.28. The van der Waals surface area contributed by atoms with Crippen LogP contribution in [0.15, 0.2) is 54.7 Å². The molecule has 3 heteroatoms. The van der Waals surface area contributed by atoms with E-state index < -0.39 is 0 Å². The molecule has 4 rings (SSSR count). The first-order valence-electron chi connectivity index (χ1n) is 5.81. The second-order valence-corrected chi connectivity index (χ2v) is 4.36. The molecule has 0 N–H and O–H groups in total. The third-order valence-corrected chi connectivity index (χ3v) is 3.28. The van der Waals surface area contributed by atoms with Gasteiger partial charge in [0, 0.05) is 10.8 Å². The second kappa shape index (κ2) is 3.47. The Balaban J connectivity index is 2.27. The minimum absolute atomic E-state index is 0.910. The van der Waals surface area contributed by atoms with E-state index in [1.807, 2.05) is 12.1 Å². The molecule has 0 fully saturated rings. The van der Waals surface area contributed by atoms with Gasteiger partial charge in [0.2, 0.25) is 0 Å². The molecule has 4 aromatic rings. The van der Waals surface area contributed by atoms with Crippen LogP contribution in [0.5, 0.6) is 0 Å². The van der Waals surface area contributed by atoms with Crippen LogP contribution < -0.4 is 0 Å². The Morgan fingerprint density at radius 2 is 1.50 bits per heavy atom. The molecule has 84 valence electrons. The summed E-state index contributed by atoms with van der Waals surface area (Å²) in [5.74, 6) is 0. The van der Waals surface area contributed by atoms with Crippen molar-refractivity contribution in [2.75, 3.05) is 0 Å². The molecule has 0 saturated heterocycles. The standard InChI is InChI=1S/C15H9N3/c1-2-4-11-8-14-12(7-10(11)3-1)5-6-13-9-16-18-17-15(13)14/h1-9H. The number of nitrogens with zero attached hydrogens (tertiary/aromatic N) is 3. The lowest BCUT2D eigenvalue weighted by Gasteiger charge is -2.04. The zero-order valence-corrected chi connectivity index (χ0v) is 9.54. The highest BCUT2D eigenvalue weighted by Crippen LogP contribution is 2.27.